The summed E-state index contributed by atoms with van der Waals surface area (Å²) in [6, 6.07) is 6.92. The van der Waals surface area contributed by atoms with E-state index < -0.39 is 10.0 Å². The minimum absolute atomic E-state index is 0.102. The molecule has 1 aromatic rings. The Morgan fingerprint density at radius 3 is 2.78 bits per heavy atom. The van der Waals surface area contributed by atoms with Crippen LogP contribution in [-0.4, -0.2) is 20.3 Å². The van der Waals surface area contributed by atoms with Gasteiger partial charge in [0.15, 0.2) is 0 Å². The average molecular weight is 288 g/mol. The number of alkyl halides is 1. The summed E-state index contributed by atoms with van der Waals surface area (Å²) in [6.07, 6.45) is 3.08. The van der Waals surface area contributed by atoms with Crippen molar-refractivity contribution in [3.63, 3.8) is 0 Å². The van der Waals surface area contributed by atoms with E-state index in [0.29, 0.717) is 11.4 Å². The number of halogens is 1. The van der Waals surface area contributed by atoms with Gasteiger partial charge in [-0.25, -0.2) is 13.1 Å². The van der Waals surface area contributed by atoms with Crippen LogP contribution in [0.15, 0.2) is 29.2 Å². The van der Waals surface area contributed by atoms with Crippen molar-refractivity contribution in [2.75, 3.05) is 6.54 Å². The Hall–Kier alpha value is -0.580. The third-order valence-corrected chi connectivity index (χ3v) is 5.40. The number of benzene rings is 1. The van der Waals surface area contributed by atoms with E-state index in [1.807, 2.05) is 13.0 Å². The fourth-order valence-corrected chi connectivity index (χ4v) is 3.87. The van der Waals surface area contributed by atoms with Gasteiger partial charge in [-0.1, -0.05) is 18.6 Å². The van der Waals surface area contributed by atoms with Crippen LogP contribution >= 0.6 is 11.6 Å². The van der Waals surface area contributed by atoms with E-state index >= 15 is 0 Å². The molecule has 18 heavy (non-hydrogen) atoms. The largest absolute Gasteiger partial charge is 0.240 e. The van der Waals surface area contributed by atoms with Crippen LogP contribution in [0.4, 0.5) is 0 Å². The zero-order chi connectivity index (χ0) is 13.2. The number of nitrogens with one attached hydrogen (secondary N) is 1. The Balaban J connectivity index is 2.03. The molecule has 0 saturated heterocycles. The molecule has 2 unspecified atom stereocenters. The number of hydrogen-bond acceptors (Lipinski definition) is 2. The number of hydrogen-bond donors (Lipinski definition) is 1. The molecule has 1 fully saturated rings. The monoisotopic (exact) mass is 287 g/mol. The molecule has 0 heterocycles. The van der Waals surface area contributed by atoms with E-state index in [4.69, 9.17) is 11.6 Å². The highest BCUT2D eigenvalue weighted by molar-refractivity contribution is 7.89. The van der Waals surface area contributed by atoms with Crippen LogP contribution in [0.2, 0.25) is 0 Å². The van der Waals surface area contributed by atoms with Gasteiger partial charge in [0.1, 0.15) is 0 Å². The first-order valence-corrected chi connectivity index (χ1v) is 8.11. The van der Waals surface area contributed by atoms with Crippen molar-refractivity contribution >= 4 is 21.6 Å². The van der Waals surface area contributed by atoms with Gasteiger partial charge in [-0.15, -0.1) is 11.6 Å². The van der Waals surface area contributed by atoms with Crippen LogP contribution in [-0.2, 0) is 10.0 Å². The fraction of sp³-hybridized carbons (Fsp3) is 0.538. The first-order valence-electron chi connectivity index (χ1n) is 6.19. The first-order chi connectivity index (χ1) is 8.49. The lowest BCUT2D eigenvalue weighted by Crippen LogP contribution is -2.31. The predicted molar refractivity (Wildman–Crippen MR) is 73.3 cm³/mol. The molecule has 0 radical (unpaired) electrons. The Labute approximate surface area is 114 Å². The van der Waals surface area contributed by atoms with Crippen molar-refractivity contribution in [3.8, 4) is 0 Å². The van der Waals surface area contributed by atoms with E-state index in [2.05, 4.69) is 4.72 Å². The van der Waals surface area contributed by atoms with Crippen molar-refractivity contribution < 1.29 is 8.42 Å². The second kappa shape index (κ2) is 5.59. The highest BCUT2D eigenvalue weighted by atomic mass is 35.5. The van der Waals surface area contributed by atoms with Crippen LogP contribution in [0, 0.1) is 12.8 Å². The van der Waals surface area contributed by atoms with Gasteiger partial charge in [-0.2, -0.15) is 0 Å². The standard InChI is InChI=1S/C13H18ClNO2S/c1-10-4-2-6-12(8-10)18(16,17)15-9-11-5-3-7-13(11)14/h2,4,6,8,11,13,15H,3,5,7,9H2,1H3. The Bertz CT molecular complexity index is 515. The molecule has 0 aromatic heterocycles. The summed E-state index contributed by atoms with van der Waals surface area (Å²) in [5.74, 6) is 0.256. The van der Waals surface area contributed by atoms with E-state index in [1.165, 1.54) is 0 Å². The maximum absolute atomic E-state index is 12.1. The molecule has 2 rings (SSSR count). The lowest BCUT2D eigenvalue weighted by molar-refractivity contribution is 0.523. The van der Waals surface area contributed by atoms with Crippen molar-refractivity contribution in [1.29, 1.82) is 0 Å². The van der Waals surface area contributed by atoms with Gasteiger partial charge in [-0.05, 0) is 43.4 Å². The highest BCUT2D eigenvalue weighted by Crippen LogP contribution is 2.29. The average Bonchev–Trinajstić information content (AvgIpc) is 2.72. The molecule has 5 heteroatoms. The van der Waals surface area contributed by atoms with Gasteiger partial charge in [0.05, 0.1) is 4.90 Å². The third-order valence-electron chi connectivity index (χ3n) is 3.40. The maximum Gasteiger partial charge on any atom is 0.240 e. The SMILES string of the molecule is Cc1cccc(S(=O)(=O)NCC2CCCC2Cl)c1. The molecule has 3 nitrogen and oxygen atoms in total. The summed E-state index contributed by atoms with van der Waals surface area (Å²) >= 11 is 6.14. The predicted octanol–water partition coefficient (Wildman–Crippen LogP) is 2.68. The van der Waals surface area contributed by atoms with Crippen LogP contribution in [0.1, 0.15) is 24.8 Å². The van der Waals surface area contributed by atoms with Crippen molar-refractivity contribution in [2.45, 2.75) is 36.5 Å². The molecule has 1 aliphatic rings. The summed E-state index contributed by atoms with van der Waals surface area (Å²) < 4.78 is 26.8. The molecule has 0 spiro atoms. The summed E-state index contributed by atoms with van der Waals surface area (Å²) in [4.78, 5) is 0.326. The topological polar surface area (TPSA) is 46.2 Å². The van der Waals surface area contributed by atoms with Crippen molar-refractivity contribution in [2.24, 2.45) is 5.92 Å². The van der Waals surface area contributed by atoms with Gasteiger partial charge in [-0.3, -0.25) is 0 Å². The van der Waals surface area contributed by atoms with Gasteiger partial charge in [0.2, 0.25) is 10.0 Å². The van der Waals surface area contributed by atoms with Gasteiger partial charge >= 0.3 is 0 Å². The maximum atomic E-state index is 12.1. The molecule has 1 aliphatic carbocycles. The molecule has 0 bridgehead atoms. The van der Waals surface area contributed by atoms with Crippen molar-refractivity contribution in [1.82, 2.24) is 4.72 Å². The van der Waals surface area contributed by atoms with E-state index in [-0.39, 0.29) is 11.3 Å². The van der Waals surface area contributed by atoms with E-state index in [9.17, 15) is 8.42 Å². The van der Waals surface area contributed by atoms with Crippen LogP contribution in [0.5, 0.6) is 0 Å². The van der Waals surface area contributed by atoms with Crippen LogP contribution in [0.25, 0.3) is 0 Å². The quantitative estimate of drug-likeness (QED) is 0.866. The minimum atomic E-state index is -3.40. The Morgan fingerprint density at radius 2 is 2.17 bits per heavy atom. The third kappa shape index (κ3) is 3.25. The lowest BCUT2D eigenvalue weighted by Gasteiger charge is -2.14. The number of sulfonamides is 1. The molecule has 0 aliphatic heterocycles. The van der Waals surface area contributed by atoms with Crippen molar-refractivity contribution in [3.05, 3.63) is 29.8 Å². The van der Waals surface area contributed by atoms with Gasteiger partial charge in [0.25, 0.3) is 0 Å². The molecule has 2 atom stereocenters. The normalized spacial score (nSPS) is 24.3. The summed E-state index contributed by atoms with van der Waals surface area (Å²) in [5, 5.41) is 0.102. The zero-order valence-corrected chi connectivity index (χ0v) is 12.0. The molecule has 0 amide bonds. The second-order valence-electron chi connectivity index (χ2n) is 4.88. The smallest absolute Gasteiger partial charge is 0.211 e. The van der Waals surface area contributed by atoms with Gasteiger partial charge < -0.3 is 0 Å². The Morgan fingerprint density at radius 1 is 1.39 bits per heavy atom. The molecular formula is C13H18ClNO2S. The second-order valence-corrected chi connectivity index (χ2v) is 7.20. The molecule has 1 saturated carbocycles. The van der Waals surface area contributed by atoms with Gasteiger partial charge in [0, 0.05) is 11.9 Å². The first kappa shape index (κ1) is 13.8. The fourth-order valence-electron chi connectivity index (χ4n) is 2.30. The number of aryl methyl sites for hydroxylation is 1. The zero-order valence-electron chi connectivity index (χ0n) is 10.4. The van der Waals surface area contributed by atoms with E-state index in [1.54, 1.807) is 18.2 Å². The minimum Gasteiger partial charge on any atom is -0.211 e. The summed E-state index contributed by atoms with van der Waals surface area (Å²) in [5.41, 5.74) is 0.939. The molecule has 1 aromatic carbocycles. The van der Waals surface area contributed by atoms with E-state index in [0.717, 1.165) is 24.8 Å². The number of rotatable bonds is 4. The van der Waals surface area contributed by atoms with Crippen LogP contribution < -0.4 is 4.72 Å². The lowest BCUT2D eigenvalue weighted by atomic mass is 10.1. The summed E-state index contributed by atoms with van der Waals surface area (Å²) in [6.45, 7) is 2.31. The van der Waals surface area contributed by atoms with Crippen LogP contribution in [0.3, 0.4) is 0 Å². The molecule has 100 valence electrons. The Kier molecular flexibility index (Phi) is 4.30. The molecule has 1 N–H and O–H groups in total. The molecular weight excluding hydrogens is 270 g/mol. The highest BCUT2D eigenvalue weighted by Gasteiger charge is 2.26. The summed E-state index contributed by atoms with van der Waals surface area (Å²) in [7, 11) is -3.40.